The molecule has 0 unspecified atom stereocenters. The molecule has 96 valence electrons. The number of nitrogens with one attached hydrogen (secondary N) is 1. The minimum absolute atomic E-state index is 0.203. The second kappa shape index (κ2) is 7.67. The molecule has 0 aliphatic heterocycles. The van der Waals surface area contributed by atoms with E-state index in [1.165, 1.54) is 0 Å². The Morgan fingerprint density at radius 1 is 1.35 bits per heavy atom. The number of methoxy groups -OCH3 is 1. The minimum Gasteiger partial charge on any atom is -0.481 e. The van der Waals surface area contributed by atoms with Crippen LogP contribution in [0.3, 0.4) is 0 Å². The summed E-state index contributed by atoms with van der Waals surface area (Å²) in [6.07, 6.45) is 1.97. The monoisotopic (exact) mass is 240 g/mol. The maximum Gasteiger partial charge on any atom is 0.225 e. The molecule has 0 saturated heterocycles. The lowest BCUT2D eigenvalue weighted by molar-refractivity contribution is 0.134. The molecule has 1 rings (SSSR count). The van der Waals surface area contributed by atoms with Crippen molar-refractivity contribution in [2.45, 2.75) is 19.8 Å². The highest BCUT2D eigenvalue weighted by Gasteiger charge is 2.01. The van der Waals surface area contributed by atoms with Gasteiger partial charge < -0.3 is 20.5 Å². The van der Waals surface area contributed by atoms with Gasteiger partial charge in [0.15, 0.2) is 0 Å². The SMILES string of the molecule is CCCOCCCNc1cc(OC)nc(N)n1. The molecular formula is C11H20N4O2. The van der Waals surface area contributed by atoms with Gasteiger partial charge >= 0.3 is 0 Å². The summed E-state index contributed by atoms with van der Waals surface area (Å²) in [6.45, 7) is 4.43. The van der Waals surface area contributed by atoms with E-state index in [9.17, 15) is 0 Å². The van der Waals surface area contributed by atoms with Crippen LogP contribution in [0.2, 0.25) is 0 Å². The van der Waals surface area contributed by atoms with Crippen molar-refractivity contribution in [1.29, 1.82) is 0 Å². The summed E-state index contributed by atoms with van der Waals surface area (Å²) in [4.78, 5) is 7.95. The van der Waals surface area contributed by atoms with Crippen molar-refractivity contribution in [3.05, 3.63) is 6.07 Å². The number of anilines is 2. The maximum absolute atomic E-state index is 5.54. The van der Waals surface area contributed by atoms with Crippen LogP contribution in [-0.4, -0.2) is 36.8 Å². The van der Waals surface area contributed by atoms with Crippen molar-refractivity contribution in [2.24, 2.45) is 0 Å². The summed E-state index contributed by atoms with van der Waals surface area (Å²) in [5, 5.41) is 3.15. The average molecular weight is 240 g/mol. The fourth-order valence-electron chi connectivity index (χ4n) is 1.28. The van der Waals surface area contributed by atoms with E-state index in [2.05, 4.69) is 22.2 Å². The molecule has 0 radical (unpaired) electrons. The average Bonchev–Trinajstić information content (AvgIpc) is 2.33. The van der Waals surface area contributed by atoms with Gasteiger partial charge in [0.2, 0.25) is 11.8 Å². The van der Waals surface area contributed by atoms with E-state index < -0.39 is 0 Å². The molecule has 0 fully saturated rings. The fraction of sp³-hybridized carbons (Fsp3) is 0.636. The summed E-state index contributed by atoms with van der Waals surface area (Å²) in [5.41, 5.74) is 5.54. The van der Waals surface area contributed by atoms with Crippen LogP contribution in [0.25, 0.3) is 0 Å². The van der Waals surface area contributed by atoms with Gasteiger partial charge in [-0.05, 0) is 12.8 Å². The molecule has 0 aromatic carbocycles. The highest BCUT2D eigenvalue weighted by molar-refractivity contribution is 5.42. The van der Waals surface area contributed by atoms with Crippen molar-refractivity contribution < 1.29 is 9.47 Å². The minimum atomic E-state index is 0.203. The molecule has 0 amide bonds. The van der Waals surface area contributed by atoms with Gasteiger partial charge in [-0.2, -0.15) is 9.97 Å². The van der Waals surface area contributed by atoms with Crippen LogP contribution < -0.4 is 15.8 Å². The van der Waals surface area contributed by atoms with Crippen molar-refractivity contribution in [3.63, 3.8) is 0 Å². The number of nitrogen functional groups attached to an aromatic ring is 1. The molecule has 6 heteroatoms. The van der Waals surface area contributed by atoms with Gasteiger partial charge in [0.05, 0.1) is 7.11 Å². The van der Waals surface area contributed by atoms with E-state index in [4.69, 9.17) is 15.2 Å². The standard InChI is InChI=1S/C11H20N4O2/c1-3-6-17-7-4-5-13-9-8-10(16-2)15-11(12)14-9/h8H,3-7H2,1-2H3,(H3,12,13,14,15). The van der Waals surface area contributed by atoms with Crippen molar-refractivity contribution >= 4 is 11.8 Å². The largest absolute Gasteiger partial charge is 0.481 e. The lowest BCUT2D eigenvalue weighted by Crippen LogP contribution is -2.09. The van der Waals surface area contributed by atoms with Crippen LogP contribution >= 0.6 is 0 Å². The molecule has 0 aliphatic rings. The molecule has 0 saturated carbocycles. The molecule has 1 aromatic rings. The lowest BCUT2D eigenvalue weighted by Gasteiger charge is -2.07. The third kappa shape index (κ3) is 5.35. The summed E-state index contributed by atoms with van der Waals surface area (Å²) in [6, 6.07) is 1.71. The Balaban J connectivity index is 2.28. The quantitative estimate of drug-likeness (QED) is 0.666. The second-order valence-electron chi connectivity index (χ2n) is 3.55. The zero-order valence-electron chi connectivity index (χ0n) is 10.4. The van der Waals surface area contributed by atoms with Crippen LogP contribution in [0.15, 0.2) is 6.07 Å². The van der Waals surface area contributed by atoms with Crippen molar-refractivity contribution in [2.75, 3.05) is 37.9 Å². The Kier molecular flexibility index (Phi) is 6.09. The van der Waals surface area contributed by atoms with E-state index in [-0.39, 0.29) is 5.95 Å². The van der Waals surface area contributed by atoms with Crippen molar-refractivity contribution in [1.82, 2.24) is 9.97 Å². The first-order chi connectivity index (χ1) is 8.26. The molecule has 17 heavy (non-hydrogen) atoms. The predicted molar refractivity (Wildman–Crippen MR) is 67.2 cm³/mol. The van der Waals surface area contributed by atoms with E-state index >= 15 is 0 Å². The summed E-state index contributed by atoms with van der Waals surface area (Å²) >= 11 is 0. The van der Waals surface area contributed by atoms with Crippen LogP contribution in [0.5, 0.6) is 5.88 Å². The zero-order valence-corrected chi connectivity index (χ0v) is 10.4. The first-order valence-corrected chi connectivity index (χ1v) is 5.76. The summed E-state index contributed by atoms with van der Waals surface area (Å²) < 4.78 is 10.4. The first kappa shape index (κ1) is 13.5. The van der Waals surface area contributed by atoms with E-state index in [1.807, 2.05) is 0 Å². The van der Waals surface area contributed by atoms with Gasteiger partial charge in [-0.15, -0.1) is 0 Å². The van der Waals surface area contributed by atoms with Gasteiger partial charge in [-0.25, -0.2) is 0 Å². The molecule has 0 spiro atoms. The highest BCUT2D eigenvalue weighted by atomic mass is 16.5. The highest BCUT2D eigenvalue weighted by Crippen LogP contribution is 2.13. The molecular weight excluding hydrogens is 220 g/mol. The number of nitrogens with two attached hydrogens (primary N) is 1. The van der Waals surface area contributed by atoms with Crippen LogP contribution in [0, 0.1) is 0 Å². The Morgan fingerprint density at radius 3 is 2.88 bits per heavy atom. The van der Waals surface area contributed by atoms with Gasteiger partial charge in [0, 0.05) is 25.8 Å². The molecule has 1 aromatic heterocycles. The smallest absolute Gasteiger partial charge is 0.225 e. The molecule has 0 atom stereocenters. The topological polar surface area (TPSA) is 82.3 Å². The second-order valence-corrected chi connectivity index (χ2v) is 3.55. The third-order valence-electron chi connectivity index (χ3n) is 2.05. The number of aromatic nitrogens is 2. The maximum atomic E-state index is 5.54. The first-order valence-electron chi connectivity index (χ1n) is 5.76. The van der Waals surface area contributed by atoms with Crippen LogP contribution in [-0.2, 0) is 4.74 Å². The summed E-state index contributed by atoms with van der Waals surface area (Å²) in [7, 11) is 1.55. The van der Waals surface area contributed by atoms with Crippen LogP contribution in [0.4, 0.5) is 11.8 Å². The van der Waals surface area contributed by atoms with Gasteiger partial charge in [-0.1, -0.05) is 6.92 Å². The summed E-state index contributed by atoms with van der Waals surface area (Å²) in [5.74, 6) is 1.33. The fourth-order valence-corrected chi connectivity index (χ4v) is 1.28. The number of rotatable bonds is 8. The van der Waals surface area contributed by atoms with E-state index in [1.54, 1.807) is 13.2 Å². The van der Waals surface area contributed by atoms with Gasteiger partial charge in [-0.3, -0.25) is 0 Å². The molecule has 3 N–H and O–H groups in total. The molecule has 0 aliphatic carbocycles. The third-order valence-corrected chi connectivity index (χ3v) is 2.05. The van der Waals surface area contributed by atoms with Crippen molar-refractivity contribution in [3.8, 4) is 5.88 Å². The molecule has 6 nitrogen and oxygen atoms in total. The lowest BCUT2D eigenvalue weighted by atomic mass is 10.4. The molecule has 1 heterocycles. The van der Waals surface area contributed by atoms with E-state index in [0.29, 0.717) is 11.7 Å². The number of hydrogen-bond donors (Lipinski definition) is 2. The Labute approximate surface area is 102 Å². The number of hydrogen-bond acceptors (Lipinski definition) is 6. The number of ether oxygens (including phenoxy) is 2. The Hall–Kier alpha value is -1.56. The predicted octanol–water partition coefficient (Wildman–Crippen LogP) is 1.30. The number of nitrogens with zero attached hydrogens (tertiary/aromatic N) is 2. The normalized spacial score (nSPS) is 10.2. The molecule has 0 bridgehead atoms. The zero-order chi connectivity index (χ0) is 12.5. The van der Waals surface area contributed by atoms with E-state index in [0.717, 1.165) is 32.6 Å². The van der Waals surface area contributed by atoms with Gasteiger partial charge in [0.1, 0.15) is 5.82 Å². The van der Waals surface area contributed by atoms with Gasteiger partial charge in [0.25, 0.3) is 0 Å². The Morgan fingerprint density at radius 2 is 2.18 bits per heavy atom. The van der Waals surface area contributed by atoms with Crippen LogP contribution in [0.1, 0.15) is 19.8 Å². The Bertz CT molecular complexity index is 333.